The fraction of sp³-hybridized carbons (Fsp3) is 0.375. The molecule has 1 N–H and O–H groups in total. The van der Waals surface area contributed by atoms with Gasteiger partial charge in [0, 0.05) is 18.3 Å². The van der Waals surface area contributed by atoms with Crippen LogP contribution in [-0.4, -0.2) is 22.3 Å². The van der Waals surface area contributed by atoms with Crippen LogP contribution in [0.5, 0.6) is 5.75 Å². The van der Waals surface area contributed by atoms with Crippen LogP contribution in [0.3, 0.4) is 0 Å². The van der Waals surface area contributed by atoms with Crippen molar-refractivity contribution in [3.63, 3.8) is 0 Å². The van der Waals surface area contributed by atoms with Crippen molar-refractivity contribution in [1.82, 2.24) is 9.78 Å². The van der Waals surface area contributed by atoms with Gasteiger partial charge in [-0.15, -0.1) is 0 Å². The van der Waals surface area contributed by atoms with E-state index >= 15 is 0 Å². The van der Waals surface area contributed by atoms with Gasteiger partial charge in [0.15, 0.2) is 0 Å². The summed E-state index contributed by atoms with van der Waals surface area (Å²) in [5.41, 5.74) is 2.63. The van der Waals surface area contributed by atoms with Crippen molar-refractivity contribution < 1.29 is 9.53 Å². The van der Waals surface area contributed by atoms with Crippen LogP contribution in [0.1, 0.15) is 18.2 Å². The number of fused-ring (bicyclic) bond motifs is 1. The lowest BCUT2D eigenvalue weighted by molar-refractivity contribution is -0.121. The fourth-order valence-electron chi connectivity index (χ4n) is 2.67. The minimum Gasteiger partial charge on any atom is -0.492 e. The normalized spacial score (nSPS) is 16.8. The van der Waals surface area contributed by atoms with Crippen molar-refractivity contribution >= 4 is 23.2 Å². The molecule has 0 saturated carbocycles. The summed E-state index contributed by atoms with van der Waals surface area (Å²) in [5, 5.41) is 7.95. The molecule has 2 aromatic rings. The summed E-state index contributed by atoms with van der Waals surface area (Å²) in [6.07, 6.45) is 3.23. The molecule has 22 heavy (non-hydrogen) atoms. The minimum atomic E-state index is -0.226. The first-order chi connectivity index (χ1) is 10.6. The molecule has 0 aliphatic carbocycles. The summed E-state index contributed by atoms with van der Waals surface area (Å²) in [7, 11) is 1.84. The summed E-state index contributed by atoms with van der Waals surface area (Å²) in [6, 6.07) is 5.50. The van der Waals surface area contributed by atoms with Crippen LogP contribution < -0.4 is 10.1 Å². The Balaban J connectivity index is 1.73. The Labute approximate surface area is 134 Å². The second-order valence-electron chi connectivity index (χ2n) is 5.47. The summed E-state index contributed by atoms with van der Waals surface area (Å²) in [6.45, 7) is 2.39. The van der Waals surface area contributed by atoms with E-state index in [0.717, 1.165) is 29.1 Å². The molecule has 1 unspecified atom stereocenters. The molecule has 5 nitrogen and oxygen atoms in total. The van der Waals surface area contributed by atoms with E-state index < -0.39 is 0 Å². The second kappa shape index (κ2) is 6.01. The van der Waals surface area contributed by atoms with Gasteiger partial charge in [0.25, 0.3) is 0 Å². The van der Waals surface area contributed by atoms with Gasteiger partial charge in [-0.2, -0.15) is 5.10 Å². The van der Waals surface area contributed by atoms with Gasteiger partial charge in [-0.25, -0.2) is 0 Å². The summed E-state index contributed by atoms with van der Waals surface area (Å²) < 4.78 is 7.38. The van der Waals surface area contributed by atoms with Gasteiger partial charge in [0.1, 0.15) is 12.4 Å². The first-order valence-corrected chi connectivity index (χ1v) is 7.69. The van der Waals surface area contributed by atoms with E-state index in [0.29, 0.717) is 18.1 Å². The van der Waals surface area contributed by atoms with Crippen molar-refractivity contribution in [2.45, 2.75) is 19.8 Å². The van der Waals surface area contributed by atoms with E-state index in [1.54, 1.807) is 10.7 Å². The predicted octanol–water partition coefficient (Wildman–Crippen LogP) is 2.83. The van der Waals surface area contributed by atoms with Crippen LogP contribution in [0.25, 0.3) is 0 Å². The fourth-order valence-corrected chi connectivity index (χ4v) is 2.86. The molecule has 3 rings (SSSR count). The largest absolute Gasteiger partial charge is 0.492 e. The van der Waals surface area contributed by atoms with Crippen LogP contribution in [0, 0.1) is 5.92 Å². The molecule has 0 radical (unpaired) electrons. The number of carbonyl (C=O) groups excluding carboxylic acids is 1. The number of nitrogens with zero attached hydrogens (tertiary/aromatic N) is 2. The molecule has 6 heteroatoms. The first-order valence-electron chi connectivity index (χ1n) is 7.31. The Morgan fingerprint density at radius 3 is 3.14 bits per heavy atom. The Bertz CT molecular complexity index is 711. The highest BCUT2D eigenvalue weighted by atomic mass is 35.5. The number of hydrogen-bond acceptors (Lipinski definition) is 3. The van der Waals surface area contributed by atoms with Crippen LogP contribution in [0.2, 0.25) is 5.02 Å². The van der Waals surface area contributed by atoms with Crippen LogP contribution in [0.4, 0.5) is 5.69 Å². The third kappa shape index (κ3) is 2.95. The number of halogens is 1. The molecule has 0 bridgehead atoms. The average molecular weight is 320 g/mol. The zero-order chi connectivity index (χ0) is 15.7. The molecule has 1 amide bonds. The maximum Gasteiger partial charge on any atom is 0.231 e. The van der Waals surface area contributed by atoms with Crippen LogP contribution in [0.15, 0.2) is 24.4 Å². The standard InChI is InChI=1S/C16H18ClN3O2/c1-3-13-14(8-20(2)19-13)18-16(21)11-6-10-7-12(17)4-5-15(10)22-9-11/h4-5,7-8,11H,3,6,9H2,1-2H3,(H,18,21). The molecule has 0 spiro atoms. The van der Waals surface area contributed by atoms with E-state index in [9.17, 15) is 4.79 Å². The molecule has 2 heterocycles. The van der Waals surface area contributed by atoms with E-state index in [1.165, 1.54) is 0 Å². The number of nitrogens with one attached hydrogen (secondary N) is 1. The highest BCUT2D eigenvalue weighted by Crippen LogP contribution is 2.30. The van der Waals surface area contributed by atoms with Gasteiger partial charge in [-0.05, 0) is 36.6 Å². The number of amides is 1. The van der Waals surface area contributed by atoms with Crippen molar-refractivity contribution in [2.24, 2.45) is 13.0 Å². The van der Waals surface area contributed by atoms with Crippen LogP contribution in [-0.2, 0) is 24.7 Å². The topological polar surface area (TPSA) is 56.2 Å². The third-order valence-electron chi connectivity index (χ3n) is 3.80. The van der Waals surface area contributed by atoms with Crippen molar-refractivity contribution in [3.8, 4) is 5.75 Å². The van der Waals surface area contributed by atoms with E-state index in [-0.39, 0.29) is 11.8 Å². The lowest BCUT2D eigenvalue weighted by Crippen LogP contribution is -2.32. The van der Waals surface area contributed by atoms with Gasteiger partial charge in [-0.1, -0.05) is 18.5 Å². The maximum atomic E-state index is 12.5. The molecule has 1 aromatic heterocycles. The zero-order valence-corrected chi connectivity index (χ0v) is 13.4. The number of ether oxygens (including phenoxy) is 1. The monoisotopic (exact) mass is 319 g/mol. The molecular formula is C16H18ClN3O2. The number of aromatic nitrogens is 2. The highest BCUT2D eigenvalue weighted by molar-refractivity contribution is 6.30. The molecule has 1 atom stereocenters. The smallest absolute Gasteiger partial charge is 0.231 e. The number of carbonyl (C=O) groups is 1. The van der Waals surface area contributed by atoms with Crippen LogP contribution >= 0.6 is 11.6 Å². The Morgan fingerprint density at radius 1 is 1.55 bits per heavy atom. The molecule has 1 aromatic carbocycles. The molecule has 116 valence electrons. The van der Waals surface area contributed by atoms with E-state index in [4.69, 9.17) is 16.3 Å². The number of aryl methyl sites for hydroxylation is 2. The van der Waals surface area contributed by atoms with Gasteiger partial charge in [0.05, 0.1) is 17.3 Å². The Morgan fingerprint density at radius 2 is 2.36 bits per heavy atom. The number of rotatable bonds is 3. The van der Waals surface area contributed by atoms with E-state index in [2.05, 4.69) is 10.4 Å². The number of benzene rings is 1. The molecule has 1 aliphatic heterocycles. The van der Waals surface area contributed by atoms with Crippen molar-refractivity contribution in [3.05, 3.63) is 40.7 Å². The average Bonchev–Trinajstić information content (AvgIpc) is 2.86. The molecule has 1 aliphatic rings. The third-order valence-corrected chi connectivity index (χ3v) is 4.03. The zero-order valence-electron chi connectivity index (χ0n) is 12.6. The molecule has 0 fully saturated rings. The lowest BCUT2D eigenvalue weighted by Gasteiger charge is -2.24. The van der Waals surface area contributed by atoms with Gasteiger partial charge in [-0.3, -0.25) is 9.48 Å². The summed E-state index contributed by atoms with van der Waals surface area (Å²) >= 11 is 6.01. The number of anilines is 1. The quantitative estimate of drug-likeness (QED) is 0.946. The number of hydrogen-bond donors (Lipinski definition) is 1. The minimum absolute atomic E-state index is 0.0478. The van der Waals surface area contributed by atoms with Gasteiger partial charge >= 0.3 is 0 Å². The Kier molecular flexibility index (Phi) is 4.07. The highest BCUT2D eigenvalue weighted by Gasteiger charge is 2.27. The first kappa shape index (κ1) is 14.9. The van der Waals surface area contributed by atoms with Crippen molar-refractivity contribution in [2.75, 3.05) is 11.9 Å². The second-order valence-corrected chi connectivity index (χ2v) is 5.91. The SMILES string of the molecule is CCc1nn(C)cc1NC(=O)C1COc2ccc(Cl)cc2C1. The van der Waals surface area contributed by atoms with Gasteiger partial charge < -0.3 is 10.1 Å². The molecule has 0 saturated heterocycles. The molecular weight excluding hydrogens is 302 g/mol. The Hall–Kier alpha value is -2.01. The summed E-state index contributed by atoms with van der Waals surface area (Å²) in [5.74, 6) is 0.535. The van der Waals surface area contributed by atoms with Crippen molar-refractivity contribution in [1.29, 1.82) is 0 Å². The maximum absolute atomic E-state index is 12.5. The van der Waals surface area contributed by atoms with E-state index in [1.807, 2.05) is 32.3 Å². The predicted molar refractivity (Wildman–Crippen MR) is 85.4 cm³/mol. The lowest BCUT2D eigenvalue weighted by atomic mass is 9.96. The van der Waals surface area contributed by atoms with Gasteiger partial charge in [0.2, 0.25) is 5.91 Å². The summed E-state index contributed by atoms with van der Waals surface area (Å²) in [4.78, 5) is 12.5.